The molecule has 0 N–H and O–H groups in total. The largest absolute Gasteiger partial charge is 0.223 e. The third kappa shape index (κ3) is 2.10. The smallest absolute Gasteiger partial charge is 0.188 e. The summed E-state index contributed by atoms with van der Waals surface area (Å²) in [5.41, 5.74) is 0.612. The molecule has 0 saturated carbocycles. The number of hydrogen-bond acceptors (Lipinski definition) is 5. The Morgan fingerprint density at radius 2 is 2.12 bits per heavy atom. The summed E-state index contributed by atoms with van der Waals surface area (Å²) in [4.78, 5) is 0. The molecule has 1 aromatic carbocycles. The molecule has 1 heterocycles. The van der Waals surface area contributed by atoms with Gasteiger partial charge in [0.2, 0.25) is 0 Å². The zero-order chi connectivity index (χ0) is 11.8. The molecule has 2 rings (SSSR count). The fraction of sp³-hybridized carbons (Fsp3) is 0.111. The second-order valence-corrected chi connectivity index (χ2v) is 6.16. The highest BCUT2D eigenvalue weighted by molar-refractivity contribution is 7.92. The maximum Gasteiger partial charge on any atom is 0.188 e. The van der Waals surface area contributed by atoms with Crippen LogP contribution in [0.25, 0.3) is 11.3 Å². The average molecular weight is 258 g/mol. The molecule has 0 amide bonds. The van der Waals surface area contributed by atoms with E-state index in [4.69, 9.17) is 0 Å². The van der Waals surface area contributed by atoms with Gasteiger partial charge in [0.05, 0.1) is 0 Å². The summed E-state index contributed by atoms with van der Waals surface area (Å²) in [5.74, 6) is -0.440. The van der Waals surface area contributed by atoms with Gasteiger partial charge < -0.3 is 0 Å². The summed E-state index contributed by atoms with van der Waals surface area (Å²) in [5, 5.41) is 3.72. The van der Waals surface area contributed by atoms with Gasteiger partial charge in [0.25, 0.3) is 0 Å². The summed E-state index contributed by atoms with van der Waals surface area (Å²) in [7, 11) is -3.38. The fourth-order valence-corrected chi connectivity index (χ4v) is 2.83. The van der Waals surface area contributed by atoms with Crippen LogP contribution in [0, 0.1) is 5.82 Å². The first-order valence-electron chi connectivity index (χ1n) is 4.27. The molecule has 0 aliphatic rings. The van der Waals surface area contributed by atoms with Crippen molar-refractivity contribution in [1.82, 2.24) is 9.59 Å². The zero-order valence-electron chi connectivity index (χ0n) is 8.21. The SMILES string of the molecule is CS(=O)(=O)c1snnc1-c1cccc(F)c1. The van der Waals surface area contributed by atoms with Crippen molar-refractivity contribution in [3.63, 3.8) is 0 Å². The molecule has 0 atom stereocenters. The lowest BCUT2D eigenvalue weighted by atomic mass is 10.2. The Morgan fingerprint density at radius 3 is 2.75 bits per heavy atom. The van der Waals surface area contributed by atoms with E-state index >= 15 is 0 Å². The van der Waals surface area contributed by atoms with E-state index in [2.05, 4.69) is 9.59 Å². The molecule has 1 aromatic heterocycles. The molecule has 0 saturated heterocycles. The van der Waals surface area contributed by atoms with Gasteiger partial charge in [-0.3, -0.25) is 0 Å². The van der Waals surface area contributed by atoms with E-state index in [0.717, 1.165) is 17.8 Å². The van der Waals surface area contributed by atoms with E-state index in [-0.39, 0.29) is 9.90 Å². The van der Waals surface area contributed by atoms with Crippen LogP contribution < -0.4 is 0 Å². The lowest BCUT2D eigenvalue weighted by Gasteiger charge is -1.99. The highest BCUT2D eigenvalue weighted by atomic mass is 32.2. The van der Waals surface area contributed by atoms with Crippen molar-refractivity contribution in [2.24, 2.45) is 0 Å². The van der Waals surface area contributed by atoms with E-state index in [9.17, 15) is 12.8 Å². The summed E-state index contributed by atoms with van der Waals surface area (Å²) >= 11 is 0.786. The molecule has 2 aromatic rings. The van der Waals surface area contributed by atoms with Gasteiger partial charge in [-0.2, -0.15) is 0 Å². The van der Waals surface area contributed by atoms with Crippen molar-refractivity contribution in [1.29, 1.82) is 0 Å². The van der Waals surface area contributed by atoms with Crippen molar-refractivity contribution < 1.29 is 12.8 Å². The predicted molar refractivity (Wildman–Crippen MR) is 58.4 cm³/mol. The molecule has 0 spiro atoms. The summed E-state index contributed by atoms with van der Waals surface area (Å²) in [6.45, 7) is 0. The van der Waals surface area contributed by atoms with Crippen LogP contribution in [-0.4, -0.2) is 24.3 Å². The number of sulfone groups is 1. The molecule has 0 bridgehead atoms. The van der Waals surface area contributed by atoms with Crippen molar-refractivity contribution in [3.8, 4) is 11.3 Å². The van der Waals surface area contributed by atoms with Gasteiger partial charge in [-0.1, -0.05) is 16.6 Å². The van der Waals surface area contributed by atoms with Gasteiger partial charge in [-0.25, -0.2) is 12.8 Å². The lowest BCUT2D eigenvalue weighted by molar-refractivity contribution is 0.603. The fourth-order valence-electron chi connectivity index (χ4n) is 1.24. The topological polar surface area (TPSA) is 59.9 Å². The average Bonchev–Trinajstić information content (AvgIpc) is 2.65. The number of rotatable bonds is 2. The van der Waals surface area contributed by atoms with Crippen LogP contribution in [-0.2, 0) is 9.84 Å². The Labute approximate surface area is 95.8 Å². The maximum absolute atomic E-state index is 13.0. The number of nitrogens with zero attached hydrogens (tertiary/aromatic N) is 2. The van der Waals surface area contributed by atoms with Crippen LogP contribution in [0.4, 0.5) is 4.39 Å². The van der Waals surface area contributed by atoms with Gasteiger partial charge in [0.1, 0.15) is 11.5 Å². The summed E-state index contributed by atoms with van der Waals surface area (Å²) in [6.07, 6.45) is 1.07. The minimum absolute atomic E-state index is 0.0538. The van der Waals surface area contributed by atoms with Gasteiger partial charge in [0, 0.05) is 23.4 Å². The molecule has 4 nitrogen and oxygen atoms in total. The van der Waals surface area contributed by atoms with Crippen LogP contribution in [0.15, 0.2) is 28.5 Å². The highest BCUT2D eigenvalue weighted by Crippen LogP contribution is 2.27. The second kappa shape index (κ2) is 3.91. The first kappa shape index (κ1) is 11.2. The molecule has 7 heteroatoms. The zero-order valence-corrected chi connectivity index (χ0v) is 9.85. The van der Waals surface area contributed by atoms with Gasteiger partial charge in [-0.05, 0) is 12.1 Å². The second-order valence-electron chi connectivity index (χ2n) is 3.19. The standard InChI is InChI=1S/C9H7FN2O2S2/c1-16(13,14)9-8(11-12-15-9)6-3-2-4-7(10)5-6/h2-5H,1H3. The Morgan fingerprint density at radius 1 is 1.38 bits per heavy atom. The van der Waals surface area contributed by atoms with Crippen LogP contribution >= 0.6 is 11.5 Å². The van der Waals surface area contributed by atoms with Crippen molar-refractivity contribution in [2.75, 3.05) is 6.26 Å². The predicted octanol–water partition coefficient (Wildman–Crippen LogP) is 1.75. The molecular weight excluding hydrogens is 251 g/mol. The third-order valence-corrected chi connectivity index (χ3v) is 4.41. The van der Waals surface area contributed by atoms with E-state index in [1.54, 1.807) is 6.07 Å². The van der Waals surface area contributed by atoms with E-state index in [0.29, 0.717) is 5.56 Å². The molecule has 0 unspecified atom stereocenters. The Bertz CT molecular complexity index is 622. The number of hydrogen-bond donors (Lipinski definition) is 0. The molecular formula is C9H7FN2O2S2. The third-order valence-electron chi connectivity index (χ3n) is 1.89. The van der Waals surface area contributed by atoms with E-state index in [1.165, 1.54) is 18.2 Å². The summed E-state index contributed by atoms with van der Waals surface area (Å²) in [6, 6.07) is 5.60. The van der Waals surface area contributed by atoms with E-state index < -0.39 is 15.7 Å². The lowest BCUT2D eigenvalue weighted by Crippen LogP contribution is -1.96. The highest BCUT2D eigenvalue weighted by Gasteiger charge is 2.19. The van der Waals surface area contributed by atoms with Gasteiger partial charge in [-0.15, -0.1) is 5.10 Å². The maximum atomic E-state index is 13.0. The summed E-state index contributed by atoms with van der Waals surface area (Å²) < 4.78 is 39.5. The van der Waals surface area contributed by atoms with Crippen molar-refractivity contribution >= 4 is 21.4 Å². The van der Waals surface area contributed by atoms with Crippen molar-refractivity contribution in [2.45, 2.75) is 4.21 Å². The van der Waals surface area contributed by atoms with Crippen LogP contribution in [0.1, 0.15) is 0 Å². The molecule has 16 heavy (non-hydrogen) atoms. The normalized spacial score (nSPS) is 11.6. The first-order chi connectivity index (χ1) is 7.48. The first-order valence-corrected chi connectivity index (χ1v) is 6.93. The molecule has 0 aliphatic carbocycles. The molecule has 0 radical (unpaired) electrons. The molecule has 0 aliphatic heterocycles. The van der Waals surface area contributed by atoms with Crippen molar-refractivity contribution in [3.05, 3.63) is 30.1 Å². The molecule has 0 fully saturated rings. The Balaban J connectivity index is 2.62. The minimum Gasteiger partial charge on any atom is -0.223 e. The monoisotopic (exact) mass is 258 g/mol. The quantitative estimate of drug-likeness (QED) is 0.823. The number of aromatic nitrogens is 2. The number of benzene rings is 1. The molecule has 84 valence electrons. The Hall–Kier alpha value is -1.34. The van der Waals surface area contributed by atoms with Crippen LogP contribution in [0.3, 0.4) is 0 Å². The minimum atomic E-state index is -3.38. The van der Waals surface area contributed by atoms with Gasteiger partial charge in [0.15, 0.2) is 14.0 Å². The number of halogens is 1. The van der Waals surface area contributed by atoms with Crippen LogP contribution in [0.5, 0.6) is 0 Å². The Kier molecular flexibility index (Phi) is 2.73. The van der Waals surface area contributed by atoms with Crippen LogP contribution in [0.2, 0.25) is 0 Å². The van der Waals surface area contributed by atoms with Gasteiger partial charge >= 0.3 is 0 Å². The van der Waals surface area contributed by atoms with E-state index in [1.807, 2.05) is 0 Å².